The van der Waals surface area contributed by atoms with Crippen LogP contribution < -0.4 is 21.3 Å². The van der Waals surface area contributed by atoms with Crippen molar-refractivity contribution in [2.45, 2.75) is 148 Å². The molecule has 0 unspecified atom stereocenters. The van der Waals surface area contributed by atoms with Gasteiger partial charge in [0, 0.05) is 44.8 Å². The number of hydrogen-bond acceptors (Lipinski definition) is 11. The van der Waals surface area contributed by atoms with E-state index in [2.05, 4.69) is 33.9 Å². The molecule has 0 aromatic rings. The van der Waals surface area contributed by atoms with Crippen LogP contribution in [0.1, 0.15) is 142 Å². The van der Waals surface area contributed by atoms with E-state index in [9.17, 15) is 38.7 Å². The van der Waals surface area contributed by atoms with Crippen LogP contribution in [0.3, 0.4) is 0 Å². The maximum atomic E-state index is 12.3. The Morgan fingerprint density at radius 1 is 0.467 bits per heavy atom. The molecule has 0 saturated carbocycles. The largest absolute Gasteiger partial charge is 0.481 e. The molecule has 0 saturated heterocycles. The zero-order valence-electron chi connectivity index (χ0n) is 36.1. The Hall–Kier alpha value is -3.32. The lowest BCUT2D eigenvalue weighted by atomic mass is 10.0. The Labute approximate surface area is 362 Å². The van der Waals surface area contributed by atoms with Crippen LogP contribution in [0.25, 0.3) is 0 Å². The van der Waals surface area contributed by atoms with Crippen molar-refractivity contribution in [2.75, 3.05) is 72.5 Å². The van der Waals surface area contributed by atoms with E-state index in [0.29, 0.717) is 13.0 Å². The highest BCUT2D eigenvalue weighted by Crippen LogP contribution is 2.14. The number of carbonyl (C=O) groups is 7. The zero-order chi connectivity index (χ0) is 44.5. The Bertz CT molecular complexity index is 1180. The van der Waals surface area contributed by atoms with Crippen LogP contribution >= 0.6 is 12.6 Å². The molecule has 0 rings (SSSR count). The second-order valence-corrected chi connectivity index (χ2v) is 15.4. The van der Waals surface area contributed by atoms with Gasteiger partial charge in [-0.05, 0) is 32.1 Å². The summed E-state index contributed by atoms with van der Waals surface area (Å²) in [5.41, 5.74) is 0. The van der Waals surface area contributed by atoms with Gasteiger partial charge in [0.15, 0.2) is 5.12 Å². The van der Waals surface area contributed by atoms with Crippen LogP contribution in [0.15, 0.2) is 0 Å². The summed E-state index contributed by atoms with van der Waals surface area (Å²) in [6.45, 7) is 3.93. The number of ether oxygens (including phenoxy) is 4. The maximum absolute atomic E-state index is 12.3. The van der Waals surface area contributed by atoms with Gasteiger partial charge in [-0.3, -0.25) is 28.8 Å². The van der Waals surface area contributed by atoms with Crippen molar-refractivity contribution < 1.29 is 62.7 Å². The molecular formula is C42H76N4O13S. The normalized spacial score (nSPS) is 12.0. The van der Waals surface area contributed by atoms with E-state index in [1.807, 2.05) is 6.92 Å². The molecule has 0 spiro atoms. The third-order valence-electron chi connectivity index (χ3n) is 9.49. The molecule has 348 valence electrons. The molecule has 6 N–H and O–H groups in total. The van der Waals surface area contributed by atoms with Crippen molar-refractivity contribution in [3.8, 4) is 0 Å². The SMILES string of the molecule is C[C@@H](CCCCNC(=O)COCCOCCNC(=O)COCCOCCNC(=O)CC[C@H](NC(=O)CCCCCCCCCCCCCCCCC(=O)O)C(=O)O)C(=O)S. The van der Waals surface area contributed by atoms with E-state index in [0.717, 1.165) is 57.8 Å². The Kier molecular flexibility index (Phi) is 38.8. The molecule has 0 aromatic carbocycles. The second-order valence-electron chi connectivity index (χ2n) is 15.0. The number of aliphatic carboxylic acids is 2. The highest BCUT2D eigenvalue weighted by Gasteiger charge is 2.21. The fourth-order valence-corrected chi connectivity index (χ4v) is 6.02. The lowest BCUT2D eigenvalue weighted by molar-refractivity contribution is -0.142. The van der Waals surface area contributed by atoms with Crippen molar-refractivity contribution in [1.82, 2.24) is 21.3 Å². The standard InChI is InChI=1S/C42H76N4O13S/c1-34(42(55)60)18-16-17-23-43-38(49)32-58-30-29-57-27-25-45-39(50)33-59-31-28-56-26-24-44-36(47)22-21-35(41(53)54)46-37(48)19-14-12-10-8-6-4-2-3-5-7-9-11-13-15-20-40(51)52/h34-35H,2-33H2,1H3,(H,43,49)(H,44,47)(H,45,50)(H,46,48)(H,51,52)(H,53,54)(H,55,60)/t34-,35-/m0/s1. The molecule has 18 heteroatoms. The van der Waals surface area contributed by atoms with Crippen LogP contribution in [0.4, 0.5) is 0 Å². The number of carboxylic acids is 2. The topological polar surface area (TPSA) is 245 Å². The summed E-state index contributed by atoms with van der Waals surface area (Å²) >= 11 is 3.81. The molecule has 0 aliphatic heterocycles. The number of rotatable bonds is 44. The lowest BCUT2D eigenvalue weighted by Crippen LogP contribution is -2.41. The Morgan fingerprint density at radius 2 is 0.900 bits per heavy atom. The zero-order valence-corrected chi connectivity index (χ0v) is 37.0. The van der Waals surface area contributed by atoms with Crippen molar-refractivity contribution in [1.29, 1.82) is 0 Å². The van der Waals surface area contributed by atoms with Crippen LogP contribution in [0.5, 0.6) is 0 Å². The van der Waals surface area contributed by atoms with Gasteiger partial charge in [0.05, 0.1) is 39.6 Å². The molecule has 0 bridgehead atoms. The van der Waals surface area contributed by atoms with Gasteiger partial charge in [0.25, 0.3) is 0 Å². The molecule has 17 nitrogen and oxygen atoms in total. The van der Waals surface area contributed by atoms with Crippen LogP contribution in [0, 0.1) is 5.92 Å². The summed E-state index contributed by atoms with van der Waals surface area (Å²) in [5.74, 6) is -3.21. The summed E-state index contributed by atoms with van der Waals surface area (Å²) in [7, 11) is 0. The van der Waals surface area contributed by atoms with Crippen molar-refractivity contribution >= 4 is 53.3 Å². The van der Waals surface area contributed by atoms with Gasteiger partial charge >= 0.3 is 11.9 Å². The number of amides is 4. The molecule has 0 aliphatic carbocycles. The molecule has 4 amide bonds. The predicted octanol–water partition coefficient (Wildman–Crippen LogP) is 4.34. The van der Waals surface area contributed by atoms with Crippen LogP contribution in [-0.2, 0) is 52.5 Å². The number of nitrogens with one attached hydrogen (secondary N) is 4. The first kappa shape index (κ1) is 56.7. The third kappa shape index (κ3) is 40.1. The van der Waals surface area contributed by atoms with E-state index in [1.165, 1.54) is 44.9 Å². The molecule has 2 atom stereocenters. The quantitative estimate of drug-likeness (QED) is 0.0333. The van der Waals surface area contributed by atoms with Crippen LogP contribution in [-0.4, -0.2) is 129 Å². The number of thiol groups is 1. The predicted molar refractivity (Wildman–Crippen MR) is 230 cm³/mol. The second kappa shape index (κ2) is 41.1. The van der Waals surface area contributed by atoms with E-state index in [-0.39, 0.29) is 126 Å². The molecule has 0 radical (unpaired) electrons. The van der Waals surface area contributed by atoms with Crippen molar-refractivity contribution in [3.05, 3.63) is 0 Å². The fourth-order valence-electron chi connectivity index (χ4n) is 5.89. The number of carbonyl (C=O) groups excluding carboxylic acids is 5. The molecule has 0 fully saturated rings. The number of unbranched alkanes of at least 4 members (excludes halogenated alkanes) is 14. The molecule has 0 aromatic heterocycles. The summed E-state index contributed by atoms with van der Waals surface area (Å²) in [5, 5.41) is 28.6. The minimum absolute atomic E-state index is 0.0260. The summed E-state index contributed by atoms with van der Waals surface area (Å²) < 4.78 is 21.3. The van der Waals surface area contributed by atoms with Gasteiger partial charge in [-0.1, -0.05) is 90.4 Å². The van der Waals surface area contributed by atoms with Gasteiger partial charge in [-0.25, -0.2) is 4.79 Å². The Balaban J connectivity index is 3.65. The lowest BCUT2D eigenvalue weighted by Gasteiger charge is -2.14. The summed E-state index contributed by atoms with van der Waals surface area (Å²) in [4.78, 5) is 81.4. The first-order valence-electron chi connectivity index (χ1n) is 22.0. The van der Waals surface area contributed by atoms with E-state index in [1.54, 1.807) is 0 Å². The molecule has 0 heterocycles. The van der Waals surface area contributed by atoms with Crippen molar-refractivity contribution in [3.63, 3.8) is 0 Å². The van der Waals surface area contributed by atoms with Crippen molar-refractivity contribution in [2.24, 2.45) is 5.92 Å². The molecule has 60 heavy (non-hydrogen) atoms. The van der Waals surface area contributed by atoms with E-state index < -0.39 is 18.0 Å². The van der Waals surface area contributed by atoms with E-state index >= 15 is 0 Å². The van der Waals surface area contributed by atoms with Gasteiger partial charge < -0.3 is 50.4 Å². The third-order valence-corrected chi connectivity index (χ3v) is 9.93. The number of hydrogen-bond donors (Lipinski definition) is 7. The van der Waals surface area contributed by atoms with Gasteiger partial charge in [0.2, 0.25) is 23.6 Å². The number of carboxylic acid groups (broad SMARTS) is 2. The minimum Gasteiger partial charge on any atom is -0.481 e. The Morgan fingerprint density at radius 3 is 1.37 bits per heavy atom. The minimum atomic E-state index is -1.18. The fraction of sp³-hybridized carbons (Fsp3) is 0.833. The summed E-state index contributed by atoms with van der Waals surface area (Å²) in [6, 6.07) is -1.14. The van der Waals surface area contributed by atoms with Gasteiger partial charge in [-0.15, -0.1) is 12.6 Å². The first-order valence-corrected chi connectivity index (χ1v) is 22.4. The molecule has 0 aliphatic rings. The average Bonchev–Trinajstić information content (AvgIpc) is 3.20. The smallest absolute Gasteiger partial charge is 0.326 e. The van der Waals surface area contributed by atoms with Gasteiger partial charge in [0.1, 0.15) is 19.3 Å². The highest BCUT2D eigenvalue weighted by atomic mass is 32.1. The first-order chi connectivity index (χ1) is 28.9. The average molecular weight is 877 g/mol. The highest BCUT2D eigenvalue weighted by molar-refractivity contribution is 7.96. The van der Waals surface area contributed by atoms with Gasteiger partial charge in [-0.2, -0.15) is 0 Å². The molecular weight excluding hydrogens is 801 g/mol. The maximum Gasteiger partial charge on any atom is 0.326 e. The van der Waals surface area contributed by atoms with Crippen LogP contribution in [0.2, 0.25) is 0 Å². The van der Waals surface area contributed by atoms with E-state index in [4.69, 9.17) is 24.1 Å². The summed E-state index contributed by atoms with van der Waals surface area (Å²) in [6.07, 6.45) is 17.8. The monoisotopic (exact) mass is 877 g/mol.